The third-order valence-corrected chi connectivity index (χ3v) is 6.81. The molecule has 29 heavy (non-hydrogen) atoms. The molecule has 7 heteroatoms. The van der Waals surface area contributed by atoms with E-state index >= 15 is 0 Å². The summed E-state index contributed by atoms with van der Waals surface area (Å²) in [5, 5.41) is 3.11. The predicted molar refractivity (Wildman–Crippen MR) is 104 cm³/mol. The number of piperidine rings is 1. The van der Waals surface area contributed by atoms with E-state index in [1.165, 1.54) is 12.1 Å². The summed E-state index contributed by atoms with van der Waals surface area (Å²) in [6.45, 7) is 2.27. The number of rotatable bonds is 4. The largest absolute Gasteiger partial charge is 0.496 e. The van der Waals surface area contributed by atoms with Crippen LogP contribution in [0.1, 0.15) is 23.2 Å². The number of hydrogen-bond donors (Lipinski definition) is 1. The molecular formula is C22H20FN3O3. The van der Waals surface area contributed by atoms with E-state index in [-0.39, 0.29) is 23.1 Å². The van der Waals surface area contributed by atoms with E-state index in [0.717, 1.165) is 25.9 Å². The summed E-state index contributed by atoms with van der Waals surface area (Å²) >= 11 is 0. The van der Waals surface area contributed by atoms with Gasteiger partial charge >= 0.3 is 0 Å². The smallest absolute Gasteiger partial charge is 0.253 e. The first-order valence-corrected chi connectivity index (χ1v) is 9.88. The summed E-state index contributed by atoms with van der Waals surface area (Å²) in [7, 11) is 1.56. The maximum Gasteiger partial charge on any atom is 0.253 e. The summed E-state index contributed by atoms with van der Waals surface area (Å²) in [6, 6.07) is 9.94. The Kier molecular flexibility index (Phi) is 3.39. The normalized spacial score (nSPS) is 29.1. The zero-order valence-electron chi connectivity index (χ0n) is 15.9. The summed E-state index contributed by atoms with van der Waals surface area (Å²) < 4.78 is 25.4. The third kappa shape index (κ3) is 2.37. The molecule has 6 nitrogen and oxygen atoms in total. The van der Waals surface area contributed by atoms with Crippen molar-refractivity contribution >= 4 is 17.0 Å². The number of benzene rings is 2. The van der Waals surface area contributed by atoms with E-state index < -0.39 is 5.82 Å². The number of carbonyl (C=O) groups is 1. The van der Waals surface area contributed by atoms with Gasteiger partial charge < -0.3 is 14.5 Å². The fourth-order valence-electron chi connectivity index (χ4n) is 5.30. The second-order valence-corrected chi connectivity index (χ2v) is 8.22. The Balaban J connectivity index is 1.34. The highest BCUT2D eigenvalue weighted by Gasteiger charge is 2.70. The first-order chi connectivity index (χ1) is 14.1. The lowest BCUT2D eigenvalue weighted by Crippen LogP contribution is -2.56. The minimum atomic E-state index is -0.523. The molecule has 3 aliphatic rings. The maximum absolute atomic E-state index is 14.2. The first-order valence-electron chi connectivity index (χ1n) is 9.88. The van der Waals surface area contributed by atoms with Crippen LogP contribution in [-0.2, 0) is 0 Å². The van der Waals surface area contributed by atoms with Gasteiger partial charge in [0.25, 0.3) is 5.91 Å². The van der Waals surface area contributed by atoms with Crippen LogP contribution >= 0.6 is 0 Å². The van der Waals surface area contributed by atoms with Gasteiger partial charge in [0.1, 0.15) is 17.1 Å². The zero-order chi connectivity index (χ0) is 19.8. The number of methoxy groups -OCH3 is 1. The van der Waals surface area contributed by atoms with Gasteiger partial charge in [-0.05, 0) is 37.6 Å². The quantitative estimate of drug-likeness (QED) is 0.690. The van der Waals surface area contributed by atoms with Gasteiger partial charge in [-0.15, -0.1) is 0 Å². The molecule has 1 aromatic heterocycles. The second-order valence-electron chi connectivity index (χ2n) is 8.22. The lowest BCUT2D eigenvalue weighted by atomic mass is 9.68. The third-order valence-electron chi connectivity index (χ3n) is 6.81. The van der Waals surface area contributed by atoms with Gasteiger partial charge in [-0.2, -0.15) is 0 Å². The lowest BCUT2D eigenvalue weighted by Gasteiger charge is -2.42. The second kappa shape index (κ2) is 5.79. The average molecular weight is 393 g/mol. The predicted octanol–water partition coefficient (Wildman–Crippen LogP) is 3.22. The van der Waals surface area contributed by atoms with Crippen LogP contribution in [0.15, 0.2) is 40.8 Å². The number of ether oxygens (including phenoxy) is 1. The molecule has 6 rings (SSSR count). The van der Waals surface area contributed by atoms with Crippen molar-refractivity contribution in [2.75, 3.05) is 20.2 Å². The minimum Gasteiger partial charge on any atom is -0.496 e. The van der Waals surface area contributed by atoms with Gasteiger partial charge in [0.05, 0.1) is 18.2 Å². The number of aromatic nitrogens is 1. The number of carbonyl (C=O) groups excluding carboxylic acids is 1. The molecule has 2 aromatic carbocycles. The number of nitrogens with zero attached hydrogens (tertiary/aromatic N) is 2. The van der Waals surface area contributed by atoms with Crippen LogP contribution in [-0.4, -0.2) is 47.6 Å². The molecule has 1 saturated carbocycles. The number of fused-ring (bicyclic) bond motifs is 1. The van der Waals surface area contributed by atoms with E-state index in [9.17, 15) is 9.18 Å². The SMILES string of the molecule is COc1ccccc1-c1nc2c(C(=O)NC3CC45CN4CCC35)cc(F)cc2o1. The molecule has 0 bridgehead atoms. The number of hydrogen-bond acceptors (Lipinski definition) is 5. The Hall–Kier alpha value is -2.93. The summed E-state index contributed by atoms with van der Waals surface area (Å²) in [5.41, 5.74) is 1.81. The van der Waals surface area contributed by atoms with Crippen molar-refractivity contribution in [2.24, 2.45) is 5.92 Å². The van der Waals surface area contributed by atoms with Crippen molar-refractivity contribution in [3.05, 3.63) is 47.8 Å². The van der Waals surface area contributed by atoms with E-state index in [1.54, 1.807) is 13.2 Å². The van der Waals surface area contributed by atoms with Crippen LogP contribution in [0.4, 0.5) is 4.39 Å². The molecule has 3 heterocycles. The van der Waals surface area contributed by atoms with Crippen LogP contribution in [0.5, 0.6) is 5.75 Å². The Morgan fingerprint density at radius 3 is 3.03 bits per heavy atom. The van der Waals surface area contributed by atoms with Gasteiger partial charge in [0.15, 0.2) is 5.58 Å². The van der Waals surface area contributed by atoms with Gasteiger partial charge in [0.2, 0.25) is 5.89 Å². The molecule has 4 unspecified atom stereocenters. The molecule has 148 valence electrons. The Labute approximate surface area is 166 Å². The number of amides is 1. The van der Waals surface area contributed by atoms with Crippen LogP contribution in [0.3, 0.4) is 0 Å². The molecule has 2 aliphatic heterocycles. The summed E-state index contributed by atoms with van der Waals surface area (Å²) in [6.07, 6.45) is 2.10. The molecule has 4 atom stereocenters. The Morgan fingerprint density at radius 2 is 2.24 bits per heavy atom. The molecular weight excluding hydrogens is 373 g/mol. The topological polar surface area (TPSA) is 67.4 Å². The molecule has 1 aliphatic carbocycles. The highest BCUT2D eigenvalue weighted by molar-refractivity contribution is 6.05. The summed E-state index contributed by atoms with van der Waals surface area (Å²) in [5.74, 6) is 0.583. The highest BCUT2D eigenvalue weighted by Crippen LogP contribution is 2.59. The van der Waals surface area contributed by atoms with Crippen molar-refractivity contribution in [3.63, 3.8) is 0 Å². The van der Waals surface area contributed by atoms with Crippen molar-refractivity contribution in [2.45, 2.75) is 24.4 Å². The number of halogens is 1. The van der Waals surface area contributed by atoms with Gasteiger partial charge in [-0.3, -0.25) is 9.69 Å². The van der Waals surface area contributed by atoms with Crippen molar-refractivity contribution in [3.8, 4) is 17.2 Å². The number of oxazole rings is 1. The Morgan fingerprint density at radius 1 is 1.38 bits per heavy atom. The monoisotopic (exact) mass is 393 g/mol. The first kappa shape index (κ1) is 17.0. The molecule has 3 aromatic rings. The fraction of sp³-hybridized carbons (Fsp3) is 0.364. The van der Waals surface area contributed by atoms with Crippen LogP contribution < -0.4 is 10.1 Å². The molecule has 2 saturated heterocycles. The zero-order valence-corrected chi connectivity index (χ0v) is 15.9. The number of nitrogens with one attached hydrogen (secondary N) is 1. The fourth-order valence-corrected chi connectivity index (χ4v) is 5.30. The van der Waals surface area contributed by atoms with Crippen LogP contribution in [0.2, 0.25) is 0 Å². The van der Waals surface area contributed by atoms with Gasteiger partial charge in [-0.25, -0.2) is 9.37 Å². The summed E-state index contributed by atoms with van der Waals surface area (Å²) in [4.78, 5) is 20.0. The van der Waals surface area contributed by atoms with E-state index in [1.807, 2.05) is 18.2 Å². The molecule has 1 N–H and O–H groups in total. The molecule has 1 amide bonds. The van der Waals surface area contributed by atoms with E-state index in [2.05, 4.69) is 15.2 Å². The van der Waals surface area contributed by atoms with Crippen molar-refractivity contribution in [1.29, 1.82) is 0 Å². The average Bonchev–Trinajstić information content (AvgIpc) is 3.16. The van der Waals surface area contributed by atoms with Crippen LogP contribution in [0, 0.1) is 11.7 Å². The maximum atomic E-state index is 14.2. The van der Waals surface area contributed by atoms with Crippen LogP contribution in [0.25, 0.3) is 22.6 Å². The lowest BCUT2D eigenvalue weighted by molar-refractivity contribution is 0.0826. The Bertz CT molecular complexity index is 1160. The minimum absolute atomic E-state index is 0.147. The van der Waals surface area contributed by atoms with Crippen molar-refractivity contribution in [1.82, 2.24) is 15.2 Å². The van der Waals surface area contributed by atoms with E-state index in [4.69, 9.17) is 9.15 Å². The van der Waals surface area contributed by atoms with Gasteiger partial charge in [0, 0.05) is 30.1 Å². The standard InChI is InChI=1S/C22H20FN3O3/c1-28-17-5-3-2-4-13(17)21-25-19-14(8-12(23)9-18(19)29-21)20(27)24-16-10-22-11-26(22)7-6-15(16)22/h2-5,8-9,15-16H,6-7,10-11H2,1H3,(H,24,27). The number of para-hydroxylation sites is 1. The highest BCUT2D eigenvalue weighted by atomic mass is 19.1. The molecule has 0 radical (unpaired) electrons. The van der Waals surface area contributed by atoms with E-state index in [0.29, 0.717) is 34.2 Å². The molecule has 1 spiro atoms. The van der Waals surface area contributed by atoms with Crippen molar-refractivity contribution < 1.29 is 18.3 Å². The van der Waals surface area contributed by atoms with Gasteiger partial charge in [-0.1, -0.05) is 12.1 Å². The molecule has 3 fully saturated rings.